The van der Waals surface area contributed by atoms with E-state index in [2.05, 4.69) is 58.4 Å². The second-order valence-electron chi connectivity index (χ2n) is 4.90. The number of nitrogens with one attached hydrogen (secondary N) is 1. The van der Waals surface area contributed by atoms with Crippen LogP contribution in [-0.4, -0.2) is 48.1 Å². The molecule has 2 aromatic rings. The lowest BCUT2D eigenvalue weighted by Gasteiger charge is -2.21. The number of hydrogen-bond acceptors (Lipinski definition) is 3. The minimum Gasteiger partial charge on any atom is -0.370 e. The monoisotopic (exact) mass is 229 g/mol. The molecule has 1 N–H and O–H groups in total. The van der Waals surface area contributed by atoms with Crippen LogP contribution in [0.3, 0.4) is 0 Å². The molecule has 1 saturated heterocycles. The van der Waals surface area contributed by atoms with Crippen molar-refractivity contribution >= 4 is 16.7 Å². The van der Waals surface area contributed by atoms with Crippen molar-refractivity contribution in [1.29, 1.82) is 0 Å². The lowest BCUT2D eigenvalue weighted by molar-refractivity contribution is 0.315. The number of rotatable bonds is 2. The number of benzene rings is 1. The summed E-state index contributed by atoms with van der Waals surface area (Å²) in [4.78, 5) is 11.9. The lowest BCUT2D eigenvalue weighted by atomic mass is 10.2. The Morgan fingerprint density at radius 3 is 3.12 bits per heavy atom. The van der Waals surface area contributed by atoms with Crippen LogP contribution in [0.15, 0.2) is 18.2 Å². The first kappa shape index (κ1) is 10.6. The molecule has 3 rings (SSSR count). The quantitative estimate of drug-likeness (QED) is 0.847. The molecule has 1 aromatic carbocycles. The summed E-state index contributed by atoms with van der Waals surface area (Å²) >= 11 is 0. The maximum atomic E-state index is 4.19. The molecule has 0 amide bonds. The van der Waals surface area contributed by atoms with Crippen LogP contribution in [0.4, 0.5) is 5.69 Å². The van der Waals surface area contributed by atoms with Gasteiger partial charge in [-0.1, -0.05) is 0 Å². The highest BCUT2D eigenvalue weighted by Crippen LogP contribution is 2.24. The number of imidazole rings is 1. The van der Waals surface area contributed by atoms with Crippen LogP contribution < -0.4 is 4.90 Å². The molecule has 2 heterocycles. The highest BCUT2D eigenvalue weighted by molar-refractivity contribution is 5.79. The molecule has 1 aliphatic rings. The first-order valence-electron chi connectivity index (χ1n) is 6.01. The van der Waals surface area contributed by atoms with Crippen molar-refractivity contribution in [2.75, 3.05) is 32.1 Å². The van der Waals surface area contributed by atoms with Crippen molar-refractivity contribution in [3.05, 3.63) is 24.5 Å². The van der Waals surface area contributed by atoms with Gasteiger partial charge in [0.05, 0.1) is 11.0 Å². The Balaban J connectivity index is 1.84. The molecule has 0 aliphatic carbocycles. The summed E-state index contributed by atoms with van der Waals surface area (Å²) in [6.07, 6.45) is 4.01. The average Bonchev–Trinajstić information content (AvgIpc) is 2.97. The lowest BCUT2D eigenvalue weighted by Crippen LogP contribution is -2.31. The van der Waals surface area contributed by atoms with Gasteiger partial charge in [0.2, 0.25) is 0 Å². The van der Waals surface area contributed by atoms with Crippen molar-refractivity contribution in [2.45, 2.75) is 12.5 Å². The Hall–Kier alpha value is -1.55. The van der Waals surface area contributed by atoms with E-state index in [9.17, 15) is 0 Å². The number of aromatic amines is 1. The van der Waals surface area contributed by atoms with E-state index in [4.69, 9.17) is 0 Å². The normalized spacial score (nSPS) is 20.6. The van der Waals surface area contributed by atoms with Crippen molar-refractivity contribution in [1.82, 2.24) is 14.9 Å². The maximum Gasteiger partial charge on any atom is 0.174 e. The van der Waals surface area contributed by atoms with Crippen molar-refractivity contribution in [3.63, 3.8) is 0 Å². The van der Waals surface area contributed by atoms with Gasteiger partial charge in [0.1, 0.15) is 0 Å². The van der Waals surface area contributed by atoms with Gasteiger partial charge in [-0.3, -0.25) is 0 Å². The summed E-state index contributed by atoms with van der Waals surface area (Å²) in [5, 5.41) is 0. The van der Waals surface area contributed by atoms with Crippen molar-refractivity contribution < 1.29 is 0 Å². The van der Waals surface area contributed by atoms with Crippen LogP contribution in [0.25, 0.3) is 11.0 Å². The van der Waals surface area contributed by atoms with Crippen LogP contribution in [0.1, 0.15) is 6.42 Å². The smallest absolute Gasteiger partial charge is 0.174 e. The van der Waals surface area contributed by atoms with Gasteiger partial charge in [0.25, 0.3) is 0 Å². The van der Waals surface area contributed by atoms with Crippen molar-refractivity contribution in [3.8, 4) is 0 Å². The number of aromatic nitrogens is 2. The third-order valence-electron chi connectivity index (χ3n) is 3.61. The largest absolute Gasteiger partial charge is 0.370 e. The standard InChI is InChI=1S/C13H17N4/c1-16(2)11-5-6-17(8-11)10-3-4-12-13(7-10)15-9-14-12/h3-4,7,11H,5-6,8H2,1-2H3,(H,14,15). The third-order valence-corrected chi connectivity index (χ3v) is 3.61. The zero-order chi connectivity index (χ0) is 11.8. The molecule has 4 nitrogen and oxygen atoms in total. The van der Waals surface area contributed by atoms with E-state index in [0.29, 0.717) is 6.04 Å². The molecular formula is C13H17N4. The fraction of sp³-hybridized carbons (Fsp3) is 0.462. The van der Waals surface area contributed by atoms with Crippen LogP contribution >= 0.6 is 0 Å². The SMILES string of the molecule is CN(C)C1CCN(c2ccc3[nH][c]nc3c2)C1. The van der Waals surface area contributed by atoms with Gasteiger partial charge in [-0.25, -0.2) is 4.98 Å². The van der Waals surface area contributed by atoms with E-state index in [-0.39, 0.29) is 0 Å². The van der Waals surface area contributed by atoms with E-state index in [0.717, 1.165) is 24.1 Å². The van der Waals surface area contributed by atoms with E-state index < -0.39 is 0 Å². The number of anilines is 1. The van der Waals surface area contributed by atoms with Gasteiger partial charge < -0.3 is 14.8 Å². The van der Waals surface area contributed by atoms with Crippen LogP contribution in [0.5, 0.6) is 0 Å². The Bertz CT molecular complexity index is 517. The summed E-state index contributed by atoms with van der Waals surface area (Å²) in [6, 6.07) is 7.04. The minimum atomic E-state index is 0.663. The third kappa shape index (κ3) is 1.89. The molecule has 1 fully saturated rings. The second kappa shape index (κ2) is 4.04. The molecule has 1 radical (unpaired) electrons. The summed E-state index contributed by atoms with van der Waals surface area (Å²) < 4.78 is 0. The van der Waals surface area contributed by atoms with Gasteiger partial charge in [-0.05, 0) is 38.7 Å². The fourth-order valence-electron chi connectivity index (χ4n) is 2.46. The van der Waals surface area contributed by atoms with Crippen LogP contribution in [-0.2, 0) is 0 Å². The maximum absolute atomic E-state index is 4.19. The van der Waals surface area contributed by atoms with Crippen LogP contribution in [0, 0.1) is 6.33 Å². The highest BCUT2D eigenvalue weighted by atomic mass is 15.2. The van der Waals surface area contributed by atoms with E-state index in [1.54, 1.807) is 0 Å². The van der Waals surface area contributed by atoms with Gasteiger partial charge in [-0.15, -0.1) is 0 Å². The second-order valence-corrected chi connectivity index (χ2v) is 4.90. The predicted molar refractivity (Wildman–Crippen MR) is 69.2 cm³/mol. The van der Waals surface area contributed by atoms with Gasteiger partial charge in [0.15, 0.2) is 6.33 Å². The molecule has 1 atom stereocenters. The minimum absolute atomic E-state index is 0.663. The molecule has 1 unspecified atom stereocenters. The predicted octanol–water partition coefficient (Wildman–Crippen LogP) is 1.50. The van der Waals surface area contributed by atoms with E-state index >= 15 is 0 Å². The summed E-state index contributed by atoms with van der Waals surface area (Å²) in [5.41, 5.74) is 3.32. The summed E-state index contributed by atoms with van der Waals surface area (Å²) in [7, 11) is 4.31. The zero-order valence-electron chi connectivity index (χ0n) is 10.3. The molecule has 0 spiro atoms. The van der Waals surface area contributed by atoms with Gasteiger partial charge in [-0.2, -0.15) is 0 Å². The van der Waals surface area contributed by atoms with E-state index in [1.165, 1.54) is 12.1 Å². The fourth-order valence-corrected chi connectivity index (χ4v) is 2.46. The zero-order valence-corrected chi connectivity index (χ0v) is 10.3. The Morgan fingerprint density at radius 1 is 1.47 bits per heavy atom. The average molecular weight is 229 g/mol. The number of nitrogens with zero attached hydrogens (tertiary/aromatic N) is 3. The first-order chi connectivity index (χ1) is 8.24. The molecule has 1 aromatic heterocycles. The summed E-state index contributed by atoms with van der Waals surface area (Å²) in [6.45, 7) is 2.23. The number of H-pyrrole nitrogens is 1. The topological polar surface area (TPSA) is 35.2 Å². The van der Waals surface area contributed by atoms with Crippen LogP contribution in [0.2, 0.25) is 0 Å². The first-order valence-corrected chi connectivity index (χ1v) is 6.01. The van der Waals surface area contributed by atoms with Gasteiger partial charge >= 0.3 is 0 Å². The molecule has 4 heteroatoms. The molecule has 0 bridgehead atoms. The Kier molecular flexibility index (Phi) is 2.52. The highest BCUT2D eigenvalue weighted by Gasteiger charge is 2.24. The van der Waals surface area contributed by atoms with Gasteiger partial charge in [0, 0.05) is 24.8 Å². The van der Waals surface area contributed by atoms with Crippen molar-refractivity contribution in [2.24, 2.45) is 0 Å². The Morgan fingerprint density at radius 2 is 2.35 bits per heavy atom. The Labute approximate surface area is 101 Å². The summed E-state index contributed by atoms with van der Waals surface area (Å²) in [5.74, 6) is 0. The number of fused-ring (bicyclic) bond motifs is 1. The molecular weight excluding hydrogens is 212 g/mol. The number of likely N-dealkylation sites (N-methyl/N-ethyl adjacent to an activating group) is 1. The molecule has 1 aliphatic heterocycles. The number of hydrogen-bond donors (Lipinski definition) is 1. The molecule has 89 valence electrons. The molecule has 17 heavy (non-hydrogen) atoms. The van der Waals surface area contributed by atoms with E-state index in [1.807, 2.05) is 0 Å². The molecule has 0 saturated carbocycles.